The van der Waals surface area contributed by atoms with Gasteiger partial charge in [0.1, 0.15) is 0 Å². The van der Waals surface area contributed by atoms with Gasteiger partial charge in [0.15, 0.2) is 0 Å². The third kappa shape index (κ3) is 5.69. The summed E-state index contributed by atoms with van der Waals surface area (Å²) in [5.41, 5.74) is 1.63. The van der Waals surface area contributed by atoms with E-state index in [0.29, 0.717) is 61.5 Å². The molecule has 33 heavy (non-hydrogen) atoms. The first-order valence-corrected chi connectivity index (χ1v) is 10.5. The van der Waals surface area contributed by atoms with E-state index in [1.54, 1.807) is 24.8 Å². The number of piperazine rings is 1. The van der Waals surface area contributed by atoms with Crippen LogP contribution >= 0.6 is 0 Å². The third-order valence-electron chi connectivity index (χ3n) is 5.67. The normalized spacial score (nSPS) is 14.1. The van der Waals surface area contributed by atoms with Crippen molar-refractivity contribution in [3.63, 3.8) is 0 Å². The molecule has 1 aliphatic rings. The summed E-state index contributed by atoms with van der Waals surface area (Å²) in [5, 5.41) is 24.7. The minimum absolute atomic E-state index is 0.0118. The highest BCUT2D eigenvalue weighted by Gasteiger charge is 2.23. The molecule has 1 saturated heterocycles. The number of nitrogens with zero attached hydrogens (tertiary/aromatic N) is 4. The van der Waals surface area contributed by atoms with Crippen LogP contribution in [0.15, 0.2) is 36.4 Å². The third-order valence-corrected chi connectivity index (χ3v) is 5.67. The van der Waals surface area contributed by atoms with E-state index in [2.05, 4.69) is 10.2 Å². The fourth-order valence-electron chi connectivity index (χ4n) is 3.78. The van der Waals surface area contributed by atoms with Crippen molar-refractivity contribution in [1.29, 1.82) is 0 Å². The van der Waals surface area contributed by atoms with Gasteiger partial charge in [-0.2, -0.15) is 0 Å². The van der Waals surface area contributed by atoms with E-state index in [9.17, 15) is 29.8 Å². The molecule has 1 N–H and O–H groups in total. The number of carbonyl (C=O) groups is 2. The van der Waals surface area contributed by atoms with Crippen LogP contribution in [-0.2, 0) is 0 Å². The Bertz CT molecular complexity index is 1090. The van der Waals surface area contributed by atoms with Crippen molar-refractivity contribution < 1.29 is 19.4 Å². The van der Waals surface area contributed by atoms with E-state index >= 15 is 0 Å². The van der Waals surface area contributed by atoms with Crippen LogP contribution in [0.3, 0.4) is 0 Å². The van der Waals surface area contributed by atoms with E-state index in [4.69, 9.17) is 0 Å². The highest BCUT2D eigenvalue weighted by atomic mass is 16.6. The van der Waals surface area contributed by atoms with Crippen molar-refractivity contribution >= 4 is 23.2 Å². The van der Waals surface area contributed by atoms with Crippen molar-refractivity contribution in [2.75, 3.05) is 39.3 Å². The Morgan fingerprint density at radius 2 is 1.39 bits per heavy atom. The van der Waals surface area contributed by atoms with E-state index in [-0.39, 0.29) is 23.2 Å². The molecule has 0 radical (unpaired) electrons. The second kappa shape index (κ2) is 10.2. The lowest BCUT2D eigenvalue weighted by molar-refractivity contribution is -0.385. The van der Waals surface area contributed by atoms with Gasteiger partial charge in [-0.05, 0) is 38.1 Å². The molecule has 0 saturated carbocycles. The molecule has 11 heteroatoms. The molecule has 2 aromatic carbocycles. The van der Waals surface area contributed by atoms with Crippen molar-refractivity contribution in [1.82, 2.24) is 15.1 Å². The predicted octanol–water partition coefficient (Wildman–Crippen LogP) is 2.31. The summed E-state index contributed by atoms with van der Waals surface area (Å²) in [6, 6.07) is 8.64. The Kier molecular flexibility index (Phi) is 7.34. The summed E-state index contributed by atoms with van der Waals surface area (Å²) in [6.45, 7) is 6.54. The number of nitrogens with one attached hydrogen (secondary N) is 1. The van der Waals surface area contributed by atoms with Crippen molar-refractivity contribution in [2.45, 2.75) is 13.8 Å². The van der Waals surface area contributed by atoms with Gasteiger partial charge in [-0.15, -0.1) is 0 Å². The zero-order valence-electron chi connectivity index (χ0n) is 18.4. The topological polar surface area (TPSA) is 139 Å². The molecule has 1 aliphatic heterocycles. The molecule has 0 spiro atoms. The second-order valence-electron chi connectivity index (χ2n) is 7.91. The van der Waals surface area contributed by atoms with Crippen molar-refractivity contribution in [3.05, 3.63) is 78.9 Å². The number of carbonyl (C=O) groups excluding carboxylic acids is 2. The van der Waals surface area contributed by atoms with Gasteiger partial charge in [0, 0.05) is 73.7 Å². The van der Waals surface area contributed by atoms with Crippen LogP contribution in [0.2, 0.25) is 0 Å². The SMILES string of the molecule is Cc1cc(C(=O)NCCN2CCN(C(=O)c3ccc([N+](=O)[O-])c(C)c3)CC2)ccc1[N+](=O)[O-]. The molecule has 1 fully saturated rings. The fourth-order valence-corrected chi connectivity index (χ4v) is 3.78. The number of hydrogen-bond donors (Lipinski definition) is 1. The van der Waals surface area contributed by atoms with E-state index in [0.717, 1.165) is 0 Å². The first kappa shape index (κ1) is 23.8. The number of nitro groups is 2. The molecule has 2 aromatic rings. The summed E-state index contributed by atoms with van der Waals surface area (Å²) in [4.78, 5) is 49.8. The zero-order chi connectivity index (χ0) is 24.1. The molecular weight excluding hydrogens is 430 g/mol. The van der Waals surface area contributed by atoms with Gasteiger partial charge >= 0.3 is 0 Å². The van der Waals surface area contributed by atoms with Gasteiger partial charge in [-0.25, -0.2) is 0 Å². The Morgan fingerprint density at radius 3 is 1.91 bits per heavy atom. The number of hydrogen-bond acceptors (Lipinski definition) is 7. The molecule has 1 heterocycles. The maximum atomic E-state index is 12.7. The number of amides is 2. The van der Waals surface area contributed by atoms with E-state index in [1.165, 1.54) is 30.3 Å². The number of benzene rings is 2. The summed E-state index contributed by atoms with van der Waals surface area (Å²) in [5.74, 6) is -0.454. The molecule has 0 unspecified atom stereocenters. The molecule has 3 rings (SSSR count). The zero-order valence-corrected chi connectivity index (χ0v) is 18.4. The number of rotatable bonds is 7. The predicted molar refractivity (Wildman–Crippen MR) is 120 cm³/mol. The summed E-state index contributed by atoms with van der Waals surface area (Å²) in [7, 11) is 0. The molecular formula is C22H25N5O6. The molecule has 2 amide bonds. The monoisotopic (exact) mass is 455 g/mol. The average molecular weight is 455 g/mol. The minimum Gasteiger partial charge on any atom is -0.351 e. The van der Waals surface area contributed by atoms with Crippen LogP contribution in [0.25, 0.3) is 0 Å². The highest BCUT2D eigenvalue weighted by molar-refractivity contribution is 5.95. The van der Waals surface area contributed by atoms with Gasteiger partial charge in [-0.1, -0.05) is 0 Å². The standard InChI is InChI=1S/C22H25N5O6/c1-15-13-17(3-5-19(15)26(30)31)21(28)23-7-8-24-9-11-25(12-10-24)22(29)18-4-6-20(27(32)33)16(2)14-18/h3-6,13-14H,7-12H2,1-2H3,(H,23,28). The van der Waals surface area contributed by atoms with Gasteiger partial charge in [0.2, 0.25) is 0 Å². The molecule has 0 aliphatic carbocycles. The summed E-state index contributed by atoms with van der Waals surface area (Å²) in [6.07, 6.45) is 0. The molecule has 0 atom stereocenters. The minimum atomic E-state index is -0.482. The van der Waals surface area contributed by atoms with Gasteiger partial charge in [-0.3, -0.25) is 34.7 Å². The van der Waals surface area contributed by atoms with Crippen LogP contribution in [0, 0.1) is 34.1 Å². The van der Waals surface area contributed by atoms with Crippen molar-refractivity contribution in [2.24, 2.45) is 0 Å². The quantitative estimate of drug-likeness (QED) is 0.499. The van der Waals surface area contributed by atoms with Crippen LogP contribution in [0.5, 0.6) is 0 Å². The Morgan fingerprint density at radius 1 is 0.879 bits per heavy atom. The van der Waals surface area contributed by atoms with Gasteiger partial charge < -0.3 is 10.2 Å². The Balaban J connectivity index is 1.46. The van der Waals surface area contributed by atoms with E-state index < -0.39 is 9.85 Å². The largest absolute Gasteiger partial charge is 0.351 e. The van der Waals surface area contributed by atoms with Crippen molar-refractivity contribution in [3.8, 4) is 0 Å². The lowest BCUT2D eigenvalue weighted by Crippen LogP contribution is -2.50. The lowest BCUT2D eigenvalue weighted by atomic mass is 10.1. The Labute approximate surface area is 190 Å². The first-order chi connectivity index (χ1) is 15.7. The summed E-state index contributed by atoms with van der Waals surface area (Å²) < 4.78 is 0. The fraction of sp³-hybridized carbons (Fsp3) is 0.364. The average Bonchev–Trinajstić information content (AvgIpc) is 2.78. The number of nitro benzene ring substituents is 2. The smallest absolute Gasteiger partial charge is 0.272 e. The molecule has 11 nitrogen and oxygen atoms in total. The van der Waals surface area contributed by atoms with Gasteiger partial charge in [0.25, 0.3) is 23.2 Å². The lowest BCUT2D eigenvalue weighted by Gasteiger charge is -2.34. The maximum Gasteiger partial charge on any atom is 0.272 e. The summed E-state index contributed by atoms with van der Waals surface area (Å²) >= 11 is 0. The Hall–Kier alpha value is -3.86. The van der Waals surface area contributed by atoms with Crippen LogP contribution in [0.1, 0.15) is 31.8 Å². The highest BCUT2D eigenvalue weighted by Crippen LogP contribution is 2.20. The maximum absolute atomic E-state index is 12.7. The second-order valence-corrected chi connectivity index (χ2v) is 7.91. The van der Waals surface area contributed by atoms with Crippen LogP contribution < -0.4 is 5.32 Å². The molecule has 0 bridgehead atoms. The molecule has 0 aromatic heterocycles. The number of aryl methyl sites for hydroxylation is 2. The molecule has 174 valence electrons. The van der Waals surface area contributed by atoms with Crippen LogP contribution in [0.4, 0.5) is 11.4 Å². The first-order valence-electron chi connectivity index (χ1n) is 10.5. The van der Waals surface area contributed by atoms with Crippen LogP contribution in [-0.4, -0.2) is 70.7 Å². The van der Waals surface area contributed by atoms with E-state index in [1.807, 2.05) is 0 Å². The van der Waals surface area contributed by atoms with Gasteiger partial charge in [0.05, 0.1) is 9.85 Å².